The molecule has 21 heavy (non-hydrogen) atoms. The molecule has 7 heteroatoms. The van der Waals surface area contributed by atoms with E-state index in [9.17, 15) is 13.5 Å². The highest BCUT2D eigenvalue weighted by Crippen LogP contribution is 2.29. The zero-order valence-electron chi connectivity index (χ0n) is 11.4. The van der Waals surface area contributed by atoms with Crippen molar-refractivity contribution >= 4 is 20.6 Å². The summed E-state index contributed by atoms with van der Waals surface area (Å²) in [6.07, 6.45) is 2.20. The first-order valence-corrected chi connectivity index (χ1v) is 8.42. The van der Waals surface area contributed by atoms with Crippen LogP contribution in [0.25, 0.3) is 10.8 Å². The van der Waals surface area contributed by atoms with Gasteiger partial charge in [-0.1, -0.05) is 6.07 Å². The van der Waals surface area contributed by atoms with E-state index in [1.807, 2.05) is 0 Å². The maximum Gasteiger partial charge on any atom is 0.218 e. The summed E-state index contributed by atoms with van der Waals surface area (Å²) in [7, 11) is -3.43. The van der Waals surface area contributed by atoms with Gasteiger partial charge in [0.15, 0.2) is 9.84 Å². The molecule has 1 aliphatic rings. The predicted octanol–water partition coefficient (Wildman–Crippen LogP) is 0.910. The third kappa shape index (κ3) is 2.72. The fourth-order valence-corrected chi connectivity index (χ4v) is 4.70. The van der Waals surface area contributed by atoms with Crippen LogP contribution in [0.5, 0.6) is 5.88 Å². The van der Waals surface area contributed by atoms with Gasteiger partial charge in [0.05, 0.1) is 10.6 Å². The van der Waals surface area contributed by atoms with Gasteiger partial charge in [0, 0.05) is 30.1 Å². The molecule has 0 bridgehead atoms. The van der Waals surface area contributed by atoms with E-state index >= 15 is 0 Å². The van der Waals surface area contributed by atoms with Gasteiger partial charge in [0.25, 0.3) is 0 Å². The average Bonchev–Trinajstić information content (AvgIpc) is 2.83. The van der Waals surface area contributed by atoms with E-state index in [4.69, 9.17) is 5.84 Å². The molecule has 1 fully saturated rings. The molecule has 1 saturated heterocycles. The highest BCUT2D eigenvalue weighted by Gasteiger charge is 2.28. The number of benzene rings is 1. The molecule has 2 heterocycles. The monoisotopic (exact) mass is 307 g/mol. The van der Waals surface area contributed by atoms with Crippen molar-refractivity contribution < 1.29 is 13.5 Å². The van der Waals surface area contributed by atoms with Gasteiger partial charge in [-0.2, -0.15) is 0 Å². The van der Waals surface area contributed by atoms with Gasteiger partial charge in [-0.05, 0) is 30.5 Å². The summed E-state index contributed by atoms with van der Waals surface area (Å²) in [4.78, 5) is 4.02. The number of aromatic nitrogens is 1. The zero-order valence-corrected chi connectivity index (χ0v) is 12.3. The van der Waals surface area contributed by atoms with Crippen LogP contribution in [0, 0.1) is 5.92 Å². The van der Waals surface area contributed by atoms with Crippen molar-refractivity contribution in [1.82, 2.24) is 9.99 Å². The molecular formula is C14H17N3O3S. The third-order valence-electron chi connectivity index (χ3n) is 3.85. The molecule has 0 radical (unpaired) electrons. The smallest absolute Gasteiger partial charge is 0.218 e. The lowest BCUT2D eigenvalue weighted by molar-refractivity contribution is 0.343. The van der Waals surface area contributed by atoms with Crippen molar-refractivity contribution in [3.63, 3.8) is 0 Å². The van der Waals surface area contributed by atoms with Crippen LogP contribution in [0.15, 0.2) is 35.4 Å². The van der Waals surface area contributed by atoms with Crippen molar-refractivity contribution in [2.24, 2.45) is 11.8 Å². The van der Waals surface area contributed by atoms with Crippen LogP contribution >= 0.6 is 0 Å². The molecule has 0 aliphatic carbocycles. The largest absolute Gasteiger partial charge is 0.493 e. The number of hydrogen-bond acceptors (Lipinski definition) is 6. The third-order valence-corrected chi connectivity index (χ3v) is 5.79. The predicted molar refractivity (Wildman–Crippen MR) is 79.3 cm³/mol. The van der Waals surface area contributed by atoms with Crippen LogP contribution in [0.2, 0.25) is 0 Å². The Morgan fingerprint density at radius 3 is 2.86 bits per heavy atom. The summed E-state index contributed by atoms with van der Waals surface area (Å²) in [6, 6.07) is 6.48. The second-order valence-electron chi connectivity index (χ2n) is 5.42. The molecule has 0 amide bonds. The molecule has 0 saturated carbocycles. The highest BCUT2D eigenvalue weighted by molar-refractivity contribution is 7.91. The standard InChI is InChI=1S/C14H17N3O3S/c15-17-7-5-10(8-17)9-21(19,20)13-3-1-2-12-11(13)4-6-16-14(12)18/h1-4,6,10H,5,7-9,15H2,(H,16,18). The number of pyridine rings is 1. The summed E-state index contributed by atoms with van der Waals surface area (Å²) in [5.41, 5.74) is 0. The molecule has 1 aromatic heterocycles. The van der Waals surface area contributed by atoms with E-state index in [0.717, 1.165) is 13.0 Å². The Kier molecular flexibility index (Phi) is 3.56. The van der Waals surface area contributed by atoms with E-state index < -0.39 is 9.84 Å². The molecule has 1 atom stereocenters. The van der Waals surface area contributed by atoms with Crippen molar-refractivity contribution in [2.45, 2.75) is 11.3 Å². The van der Waals surface area contributed by atoms with Crippen molar-refractivity contribution in [3.8, 4) is 5.88 Å². The molecule has 3 N–H and O–H groups in total. The van der Waals surface area contributed by atoms with Gasteiger partial charge < -0.3 is 5.11 Å². The normalized spacial score (nSPS) is 20.1. The molecule has 3 rings (SSSR count). The van der Waals surface area contributed by atoms with Crippen LogP contribution in [-0.2, 0) is 9.84 Å². The van der Waals surface area contributed by atoms with Gasteiger partial charge in [-0.15, -0.1) is 0 Å². The maximum atomic E-state index is 12.7. The summed E-state index contributed by atoms with van der Waals surface area (Å²) < 4.78 is 25.3. The molecule has 6 nitrogen and oxygen atoms in total. The molecule has 1 aromatic carbocycles. The molecule has 112 valence electrons. The van der Waals surface area contributed by atoms with Gasteiger partial charge in [0.1, 0.15) is 0 Å². The van der Waals surface area contributed by atoms with Crippen molar-refractivity contribution in [2.75, 3.05) is 18.8 Å². The van der Waals surface area contributed by atoms with Crippen LogP contribution in [0.1, 0.15) is 6.42 Å². The SMILES string of the molecule is NN1CCC(CS(=O)(=O)c2cccc3c(O)nccc23)C1. The number of sulfone groups is 1. The minimum atomic E-state index is -3.43. The Morgan fingerprint density at radius 2 is 2.14 bits per heavy atom. The lowest BCUT2D eigenvalue weighted by Gasteiger charge is -2.12. The Hall–Kier alpha value is -1.70. The Labute approximate surface area is 123 Å². The Morgan fingerprint density at radius 1 is 1.33 bits per heavy atom. The molecule has 2 aromatic rings. The first-order valence-electron chi connectivity index (χ1n) is 6.76. The minimum Gasteiger partial charge on any atom is -0.493 e. The quantitative estimate of drug-likeness (QED) is 0.818. The van der Waals surface area contributed by atoms with E-state index in [1.54, 1.807) is 29.3 Å². The van der Waals surface area contributed by atoms with E-state index in [1.165, 1.54) is 6.20 Å². The van der Waals surface area contributed by atoms with E-state index in [2.05, 4.69) is 4.98 Å². The van der Waals surface area contributed by atoms with Crippen molar-refractivity contribution in [1.29, 1.82) is 0 Å². The number of hydrazine groups is 1. The Balaban J connectivity index is 2.01. The molecule has 1 unspecified atom stereocenters. The number of rotatable bonds is 3. The maximum absolute atomic E-state index is 12.7. The summed E-state index contributed by atoms with van der Waals surface area (Å²) in [6.45, 7) is 1.32. The van der Waals surface area contributed by atoms with E-state index in [-0.39, 0.29) is 22.4 Å². The highest BCUT2D eigenvalue weighted by atomic mass is 32.2. The topological polar surface area (TPSA) is 96.5 Å². The number of fused-ring (bicyclic) bond motifs is 1. The fourth-order valence-electron chi connectivity index (χ4n) is 2.83. The average molecular weight is 307 g/mol. The van der Waals surface area contributed by atoms with Crippen LogP contribution in [-0.4, -0.2) is 42.4 Å². The summed E-state index contributed by atoms with van der Waals surface area (Å²) in [5.74, 6) is 5.66. The second-order valence-corrected chi connectivity index (χ2v) is 7.42. The second kappa shape index (κ2) is 5.25. The van der Waals surface area contributed by atoms with Gasteiger partial charge in [0.2, 0.25) is 5.88 Å². The Bertz CT molecular complexity index is 776. The minimum absolute atomic E-state index is 0.0469. The molecule has 0 spiro atoms. The van der Waals surface area contributed by atoms with Gasteiger partial charge >= 0.3 is 0 Å². The number of nitrogens with zero attached hydrogens (tertiary/aromatic N) is 2. The first kappa shape index (κ1) is 14.2. The first-order chi connectivity index (χ1) is 9.97. The van der Waals surface area contributed by atoms with Gasteiger partial charge in [-0.25, -0.2) is 18.4 Å². The molecular weight excluding hydrogens is 290 g/mol. The zero-order chi connectivity index (χ0) is 15.0. The molecule has 1 aliphatic heterocycles. The van der Waals surface area contributed by atoms with Crippen LogP contribution < -0.4 is 5.84 Å². The number of hydrogen-bond donors (Lipinski definition) is 2. The van der Waals surface area contributed by atoms with E-state index in [0.29, 0.717) is 17.3 Å². The lowest BCUT2D eigenvalue weighted by atomic mass is 10.2. The van der Waals surface area contributed by atoms with Crippen molar-refractivity contribution in [3.05, 3.63) is 30.5 Å². The van der Waals surface area contributed by atoms with Crippen LogP contribution in [0.3, 0.4) is 0 Å². The fraction of sp³-hybridized carbons (Fsp3) is 0.357. The number of aromatic hydroxyl groups is 1. The number of nitrogens with two attached hydrogens (primary N) is 1. The van der Waals surface area contributed by atoms with Crippen LogP contribution in [0.4, 0.5) is 0 Å². The van der Waals surface area contributed by atoms with Gasteiger partial charge in [-0.3, -0.25) is 5.84 Å². The summed E-state index contributed by atoms with van der Waals surface area (Å²) >= 11 is 0. The summed E-state index contributed by atoms with van der Waals surface area (Å²) in [5, 5.41) is 12.4. The lowest BCUT2D eigenvalue weighted by Crippen LogP contribution is -2.29.